The Morgan fingerprint density at radius 3 is 0.897 bits per heavy atom. The molecule has 0 nitrogen and oxygen atoms in total. The number of rotatable bonds is 6. The first-order valence-corrected chi connectivity index (χ1v) is 14.5. The largest absolute Gasteiger partial charge is 0.204 e. The lowest BCUT2D eigenvalue weighted by atomic mass is 9.90. The second kappa shape index (κ2) is 15.9. The fourth-order valence-electron chi connectivity index (χ4n) is 4.82. The van der Waals surface area contributed by atoms with Gasteiger partial charge in [-0.3, -0.25) is 0 Å². The molecule has 0 saturated carbocycles. The maximum Gasteiger partial charge on any atom is 0.194 e. The molecule has 0 aliphatic carbocycles. The highest BCUT2D eigenvalue weighted by atomic mass is 19.2. The van der Waals surface area contributed by atoms with Crippen LogP contribution in [0.1, 0.15) is 152 Å². The molecule has 0 radical (unpaired) electrons. The fourth-order valence-corrected chi connectivity index (χ4v) is 4.82. The molecule has 0 aromatic heterocycles. The standard InChI is InChI=1S/C12H15F3.2C12H18/c1-6(2)8-5-9(13)11(14)12(15)10(8)7(3)4;2*1-9(2)11-7-5-6-8-12(11)10(3)4/h5-7H,1-4H3;2*5-10H,1-4H3. The second-order valence-electron chi connectivity index (χ2n) is 12.2. The third kappa shape index (κ3) is 9.85. The molecular formula is C36H51F3. The molecule has 0 amide bonds. The summed E-state index contributed by atoms with van der Waals surface area (Å²) in [4.78, 5) is 0. The van der Waals surface area contributed by atoms with Crippen molar-refractivity contribution in [3.8, 4) is 0 Å². The summed E-state index contributed by atoms with van der Waals surface area (Å²) in [6.07, 6.45) is 0. The van der Waals surface area contributed by atoms with Gasteiger partial charge in [-0.1, -0.05) is 132 Å². The molecule has 0 fully saturated rings. The zero-order chi connectivity index (χ0) is 30.0. The van der Waals surface area contributed by atoms with Gasteiger partial charge in [0.1, 0.15) is 0 Å². The van der Waals surface area contributed by atoms with Crippen molar-refractivity contribution in [1.29, 1.82) is 0 Å². The molecule has 0 spiro atoms. The molecule has 39 heavy (non-hydrogen) atoms. The van der Waals surface area contributed by atoms with Crippen LogP contribution in [0.4, 0.5) is 13.2 Å². The van der Waals surface area contributed by atoms with Gasteiger partial charge in [-0.25, -0.2) is 13.2 Å². The lowest BCUT2D eigenvalue weighted by Crippen LogP contribution is -2.07. The fraction of sp³-hybridized carbons (Fsp3) is 0.500. The van der Waals surface area contributed by atoms with Gasteiger partial charge < -0.3 is 0 Å². The molecule has 3 heteroatoms. The predicted octanol–water partition coefficient (Wildman–Crippen LogP) is 12.2. The molecule has 0 unspecified atom stereocenters. The van der Waals surface area contributed by atoms with Crippen LogP contribution in [-0.4, -0.2) is 0 Å². The molecule has 3 aromatic carbocycles. The number of benzene rings is 3. The highest BCUT2D eigenvalue weighted by molar-refractivity contribution is 5.35. The molecule has 3 rings (SSSR count). The van der Waals surface area contributed by atoms with Gasteiger partial charge >= 0.3 is 0 Å². The summed E-state index contributed by atoms with van der Waals surface area (Å²) in [6.45, 7) is 25.2. The van der Waals surface area contributed by atoms with Gasteiger partial charge in [-0.05, 0) is 75.0 Å². The highest BCUT2D eigenvalue weighted by Crippen LogP contribution is 2.31. The molecule has 0 aliphatic heterocycles. The van der Waals surface area contributed by atoms with Crippen LogP contribution < -0.4 is 0 Å². The summed E-state index contributed by atoms with van der Waals surface area (Å²) in [6, 6.07) is 18.5. The quantitative estimate of drug-likeness (QED) is 0.273. The predicted molar refractivity (Wildman–Crippen MR) is 164 cm³/mol. The second-order valence-corrected chi connectivity index (χ2v) is 12.2. The Kier molecular flexibility index (Phi) is 14.1. The van der Waals surface area contributed by atoms with Gasteiger partial charge in [-0.15, -0.1) is 0 Å². The lowest BCUT2D eigenvalue weighted by Gasteiger charge is -2.17. The minimum absolute atomic E-state index is 0.0213. The van der Waals surface area contributed by atoms with E-state index in [-0.39, 0.29) is 17.4 Å². The van der Waals surface area contributed by atoms with Crippen molar-refractivity contribution in [2.75, 3.05) is 0 Å². The zero-order valence-electron chi connectivity index (χ0n) is 26.3. The van der Waals surface area contributed by atoms with Gasteiger partial charge in [0.15, 0.2) is 17.5 Å². The molecule has 0 bridgehead atoms. The smallest absolute Gasteiger partial charge is 0.194 e. The van der Waals surface area contributed by atoms with Crippen molar-refractivity contribution in [2.24, 2.45) is 0 Å². The first kappa shape index (κ1) is 34.5. The summed E-state index contributed by atoms with van der Waals surface area (Å²) in [5, 5.41) is 0. The average molecular weight is 541 g/mol. The van der Waals surface area contributed by atoms with Gasteiger partial charge in [0, 0.05) is 0 Å². The summed E-state index contributed by atoms with van der Waals surface area (Å²) >= 11 is 0. The van der Waals surface area contributed by atoms with E-state index in [2.05, 4.69) is 104 Å². The Bertz CT molecular complexity index is 1040. The van der Waals surface area contributed by atoms with Crippen LogP contribution >= 0.6 is 0 Å². The Hall–Kier alpha value is -2.55. The Morgan fingerprint density at radius 1 is 0.385 bits per heavy atom. The van der Waals surface area contributed by atoms with Crippen LogP contribution in [0.25, 0.3) is 0 Å². The van der Waals surface area contributed by atoms with Gasteiger partial charge in [0.05, 0.1) is 0 Å². The molecule has 0 N–H and O–H groups in total. The third-order valence-corrected chi connectivity index (χ3v) is 6.91. The number of hydrogen-bond acceptors (Lipinski definition) is 0. The van der Waals surface area contributed by atoms with E-state index < -0.39 is 17.5 Å². The summed E-state index contributed by atoms with van der Waals surface area (Å²) in [5.41, 5.74) is 6.80. The number of halogens is 3. The molecular weight excluding hydrogens is 489 g/mol. The molecule has 0 atom stereocenters. The van der Waals surface area contributed by atoms with Crippen molar-refractivity contribution in [2.45, 2.75) is 119 Å². The first-order valence-electron chi connectivity index (χ1n) is 14.5. The van der Waals surface area contributed by atoms with Gasteiger partial charge in [0.25, 0.3) is 0 Å². The van der Waals surface area contributed by atoms with E-state index in [0.717, 1.165) is 6.07 Å². The van der Waals surface area contributed by atoms with E-state index in [9.17, 15) is 13.2 Å². The molecule has 216 valence electrons. The van der Waals surface area contributed by atoms with Crippen molar-refractivity contribution in [1.82, 2.24) is 0 Å². The maximum atomic E-state index is 13.5. The van der Waals surface area contributed by atoms with Crippen LogP contribution in [0.3, 0.4) is 0 Å². The van der Waals surface area contributed by atoms with Crippen molar-refractivity contribution in [3.05, 3.63) is 105 Å². The third-order valence-electron chi connectivity index (χ3n) is 6.91. The topological polar surface area (TPSA) is 0 Å². The number of hydrogen-bond donors (Lipinski definition) is 0. The Balaban J connectivity index is 0.000000295. The van der Waals surface area contributed by atoms with Crippen LogP contribution in [-0.2, 0) is 0 Å². The van der Waals surface area contributed by atoms with E-state index in [0.29, 0.717) is 29.2 Å². The van der Waals surface area contributed by atoms with Crippen LogP contribution in [0.15, 0.2) is 54.6 Å². The average Bonchev–Trinajstić information content (AvgIpc) is 2.87. The summed E-state index contributed by atoms with van der Waals surface area (Å²) < 4.78 is 39.6. The molecule has 3 aromatic rings. The summed E-state index contributed by atoms with van der Waals surface area (Å²) in [7, 11) is 0. The summed E-state index contributed by atoms with van der Waals surface area (Å²) in [5.74, 6) is -1.14. The van der Waals surface area contributed by atoms with Crippen LogP contribution in [0.5, 0.6) is 0 Å². The highest BCUT2D eigenvalue weighted by Gasteiger charge is 2.21. The monoisotopic (exact) mass is 540 g/mol. The van der Waals surface area contributed by atoms with Crippen LogP contribution in [0.2, 0.25) is 0 Å². The van der Waals surface area contributed by atoms with Crippen molar-refractivity contribution in [3.63, 3.8) is 0 Å². The first-order chi connectivity index (χ1) is 18.1. The van der Waals surface area contributed by atoms with Crippen molar-refractivity contribution >= 4 is 0 Å². The molecule has 0 aliphatic rings. The van der Waals surface area contributed by atoms with E-state index in [1.807, 2.05) is 13.8 Å². The van der Waals surface area contributed by atoms with Crippen molar-refractivity contribution < 1.29 is 13.2 Å². The Labute approximate surface area is 237 Å². The minimum Gasteiger partial charge on any atom is -0.204 e. The van der Waals surface area contributed by atoms with Gasteiger partial charge in [-0.2, -0.15) is 0 Å². The zero-order valence-corrected chi connectivity index (χ0v) is 26.3. The maximum absolute atomic E-state index is 13.5. The lowest BCUT2D eigenvalue weighted by molar-refractivity contribution is 0.434. The van der Waals surface area contributed by atoms with E-state index in [4.69, 9.17) is 0 Å². The van der Waals surface area contributed by atoms with E-state index >= 15 is 0 Å². The molecule has 0 heterocycles. The minimum atomic E-state index is -1.37. The normalized spacial score (nSPS) is 11.3. The SMILES string of the molecule is CC(C)c1cc(F)c(F)c(F)c1C(C)C.CC(C)c1ccccc1C(C)C.CC(C)c1ccccc1C(C)C. The van der Waals surface area contributed by atoms with Crippen LogP contribution in [0, 0.1) is 17.5 Å². The molecule has 0 saturated heterocycles. The van der Waals surface area contributed by atoms with Gasteiger partial charge in [0.2, 0.25) is 0 Å². The van der Waals surface area contributed by atoms with E-state index in [1.54, 1.807) is 13.8 Å². The Morgan fingerprint density at radius 2 is 0.667 bits per heavy atom. The van der Waals surface area contributed by atoms with E-state index in [1.165, 1.54) is 22.3 Å².